The van der Waals surface area contributed by atoms with Gasteiger partial charge in [0.2, 0.25) is 5.91 Å². The highest BCUT2D eigenvalue weighted by atomic mass is 16.2. The molecular formula is C22H28N4O. The first kappa shape index (κ1) is 18.0. The molecule has 0 bridgehead atoms. The van der Waals surface area contributed by atoms with Gasteiger partial charge in [-0.2, -0.15) is 0 Å². The molecule has 2 saturated heterocycles. The molecule has 2 aromatic carbocycles. The van der Waals surface area contributed by atoms with Crippen molar-refractivity contribution in [2.24, 2.45) is 0 Å². The number of benzene rings is 2. The first-order valence-electron chi connectivity index (χ1n) is 9.79. The number of anilines is 1. The molecule has 0 aromatic heterocycles. The number of hydrogen-bond acceptors (Lipinski definition) is 4. The number of nitrogens with one attached hydrogen (secondary N) is 2. The van der Waals surface area contributed by atoms with Crippen LogP contribution in [0.2, 0.25) is 0 Å². The molecule has 2 aromatic rings. The van der Waals surface area contributed by atoms with Crippen LogP contribution in [0.25, 0.3) is 0 Å². The fourth-order valence-electron chi connectivity index (χ4n) is 4.04. The van der Waals surface area contributed by atoms with Crippen LogP contribution in [0.4, 0.5) is 5.69 Å². The number of hydrogen-bond donors (Lipinski definition) is 2. The lowest BCUT2D eigenvalue weighted by Gasteiger charge is -2.37. The second-order valence-electron chi connectivity index (χ2n) is 7.64. The van der Waals surface area contributed by atoms with Crippen molar-refractivity contribution in [3.8, 4) is 0 Å². The summed E-state index contributed by atoms with van der Waals surface area (Å²) in [6.45, 7) is 7.57. The maximum Gasteiger partial charge on any atom is 0.241 e. The summed E-state index contributed by atoms with van der Waals surface area (Å²) in [5.41, 5.74) is 11.6. The van der Waals surface area contributed by atoms with Crippen LogP contribution in [-0.2, 0) is 4.79 Å². The lowest BCUT2D eigenvalue weighted by atomic mass is 10.0. The summed E-state index contributed by atoms with van der Waals surface area (Å²) in [7, 11) is 0. The van der Waals surface area contributed by atoms with Gasteiger partial charge in [0.05, 0.1) is 0 Å². The van der Waals surface area contributed by atoms with Crippen molar-refractivity contribution in [1.82, 2.24) is 15.8 Å². The van der Waals surface area contributed by atoms with Crippen molar-refractivity contribution in [3.05, 3.63) is 65.2 Å². The van der Waals surface area contributed by atoms with E-state index in [-0.39, 0.29) is 18.0 Å². The number of hydrazine groups is 1. The number of rotatable bonds is 3. The van der Waals surface area contributed by atoms with E-state index < -0.39 is 0 Å². The van der Waals surface area contributed by atoms with Crippen molar-refractivity contribution in [3.63, 3.8) is 0 Å². The zero-order valence-electron chi connectivity index (χ0n) is 16.1. The van der Waals surface area contributed by atoms with Crippen LogP contribution in [-0.4, -0.2) is 43.0 Å². The van der Waals surface area contributed by atoms with Gasteiger partial charge in [-0.05, 0) is 37.5 Å². The molecule has 2 aliphatic heterocycles. The van der Waals surface area contributed by atoms with E-state index >= 15 is 0 Å². The molecule has 1 amide bonds. The molecule has 2 atom stereocenters. The first-order chi connectivity index (χ1) is 13.1. The maximum absolute atomic E-state index is 12.9. The predicted octanol–water partition coefficient (Wildman–Crippen LogP) is 2.56. The minimum Gasteiger partial charge on any atom is -0.368 e. The van der Waals surface area contributed by atoms with Gasteiger partial charge in [0, 0.05) is 37.9 Å². The van der Waals surface area contributed by atoms with E-state index in [9.17, 15) is 4.79 Å². The number of piperazine rings is 1. The Bertz CT molecular complexity index is 796. The molecule has 5 heteroatoms. The van der Waals surface area contributed by atoms with Crippen molar-refractivity contribution < 1.29 is 4.79 Å². The highest BCUT2D eigenvalue weighted by Crippen LogP contribution is 2.25. The Balaban J connectivity index is 1.33. The summed E-state index contributed by atoms with van der Waals surface area (Å²) in [5, 5.41) is 0. The SMILES string of the molecule is Cc1ccc(C2CC(C(=O)N3CCN(c4ccccc4C)CC3)NN2)cc1. The van der Waals surface area contributed by atoms with Crippen LogP contribution in [0.5, 0.6) is 0 Å². The molecule has 2 N–H and O–H groups in total. The summed E-state index contributed by atoms with van der Waals surface area (Å²) in [6, 6.07) is 17.0. The lowest BCUT2D eigenvalue weighted by molar-refractivity contribution is -0.133. The molecule has 4 rings (SSSR count). The number of carbonyl (C=O) groups is 1. The fourth-order valence-corrected chi connectivity index (χ4v) is 4.04. The van der Waals surface area contributed by atoms with Gasteiger partial charge in [0.1, 0.15) is 6.04 Å². The highest BCUT2D eigenvalue weighted by molar-refractivity contribution is 5.82. The van der Waals surface area contributed by atoms with Crippen LogP contribution in [0.15, 0.2) is 48.5 Å². The molecule has 0 radical (unpaired) electrons. The van der Waals surface area contributed by atoms with Crippen LogP contribution < -0.4 is 15.8 Å². The standard InChI is InChI=1S/C22H28N4O/c1-16-7-9-18(10-8-16)19-15-20(24-23-19)22(27)26-13-11-25(12-14-26)21-6-4-3-5-17(21)2/h3-10,19-20,23-24H,11-15H2,1-2H3. The molecular weight excluding hydrogens is 336 g/mol. The Kier molecular flexibility index (Phi) is 5.14. The van der Waals surface area contributed by atoms with E-state index in [0.29, 0.717) is 0 Å². The molecule has 27 heavy (non-hydrogen) atoms. The topological polar surface area (TPSA) is 47.6 Å². The summed E-state index contributed by atoms with van der Waals surface area (Å²) in [5.74, 6) is 0.210. The Morgan fingerprint density at radius 2 is 1.63 bits per heavy atom. The Morgan fingerprint density at radius 1 is 0.926 bits per heavy atom. The van der Waals surface area contributed by atoms with Gasteiger partial charge in [-0.15, -0.1) is 0 Å². The largest absolute Gasteiger partial charge is 0.368 e. The molecule has 2 heterocycles. The fraction of sp³-hybridized carbons (Fsp3) is 0.409. The summed E-state index contributed by atoms with van der Waals surface area (Å²) in [6.07, 6.45) is 0.792. The second-order valence-corrected chi connectivity index (χ2v) is 7.64. The van der Waals surface area contributed by atoms with E-state index in [1.165, 1.54) is 22.4 Å². The predicted molar refractivity (Wildman–Crippen MR) is 109 cm³/mol. The average molecular weight is 364 g/mol. The zero-order chi connectivity index (χ0) is 18.8. The summed E-state index contributed by atoms with van der Waals surface area (Å²) < 4.78 is 0. The van der Waals surface area contributed by atoms with Gasteiger partial charge in [-0.1, -0.05) is 48.0 Å². The zero-order valence-corrected chi connectivity index (χ0v) is 16.1. The third kappa shape index (κ3) is 3.84. The molecule has 2 aliphatic rings. The van der Waals surface area contributed by atoms with Gasteiger partial charge in [0.15, 0.2) is 0 Å². The van der Waals surface area contributed by atoms with E-state index in [0.717, 1.165) is 32.6 Å². The average Bonchev–Trinajstić information content (AvgIpc) is 3.19. The van der Waals surface area contributed by atoms with Gasteiger partial charge in [-0.25, -0.2) is 10.9 Å². The third-order valence-corrected chi connectivity index (χ3v) is 5.73. The Hall–Kier alpha value is -2.37. The monoisotopic (exact) mass is 364 g/mol. The number of amides is 1. The molecule has 0 saturated carbocycles. The molecule has 142 valence electrons. The van der Waals surface area contributed by atoms with Crippen LogP contribution in [0.3, 0.4) is 0 Å². The number of para-hydroxylation sites is 1. The van der Waals surface area contributed by atoms with Gasteiger partial charge in [-0.3, -0.25) is 4.79 Å². The number of nitrogens with zero attached hydrogens (tertiary/aromatic N) is 2. The van der Waals surface area contributed by atoms with Crippen LogP contribution in [0.1, 0.15) is 29.2 Å². The van der Waals surface area contributed by atoms with E-state index in [2.05, 4.69) is 78.1 Å². The molecule has 2 fully saturated rings. The minimum absolute atomic E-state index is 0.152. The number of aryl methyl sites for hydroxylation is 2. The van der Waals surface area contributed by atoms with E-state index in [1.54, 1.807) is 0 Å². The van der Waals surface area contributed by atoms with E-state index in [1.807, 2.05) is 4.90 Å². The number of carbonyl (C=O) groups excluding carboxylic acids is 1. The Morgan fingerprint density at radius 3 is 2.33 bits per heavy atom. The molecule has 0 spiro atoms. The summed E-state index contributed by atoms with van der Waals surface area (Å²) >= 11 is 0. The second kappa shape index (κ2) is 7.71. The Labute approximate surface area is 161 Å². The van der Waals surface area contributed by atoms with Crippen LogP contribution >= 0.6 is 0 Å². The quantitative estimate of drug-likeness (QED) is 0.879. The van der Waals surface area contributed by atoms with Crippen molar-refractivity contribution in [2.75, 3.05) is 31.1 Å². The third-order valence-electron chi connectivity index (χ3n) is 5.73. The van der Waals surface area contributed by atoms with Crippen LogP contribution in [0, 0.1) is 13.8 Å². The molecule has 5 nitrogen and oxygen atoms in total. The molecule has 2 unspecified atom stereocenters. The smallest absolute Gasteiger partial charge is 0.241 e. The highest BCUT2D eigenvalue weighted by Gasteiger charge is 2.34. The van der Waals surface area contributed by atoms with Gasteiger partial charge in [0.25, 0.3) is 0 Å². The molecule has 0 aliphatic carbocycles. The van der Waals surface area contributed by atoms with Crippen molar-refractivity contribution >= 4 is 11.6 Å². The van der Waals surface area contributed by atoms with E-state index in [4.69, 9.17) is 0 Å². The van der Waals surface area contributed by atoms with Crippen molar-refractivity contribution in [1.29, 1.82) is 0 Å². The lowest BCUT2D eigenvalue weighted by Crippen LogP contribution is -2.53. The minimum atomic E-state index is -0.152. The van der Waals surface area contributed by atoms with Gasteiger partial charge < -0.3 is 9.80 Å². The van der Waals surface area contributed by atoms with Crippen molar-refractivity contribution in [2.45, 2.75) is 32.4 Å². The summed E-state index contributed by atoms with van der Waals surface area (Å²) in [4.78, 5) is 17.3. The normalized spacial score (nSPS) is 22.9. The first-order valence-corrected chi connectivity index (χ1v) is 9.79. The van der Waals surface area contributed by atoms with Gasteiger partial charge >= 0.3 is 0 Å². The maximum atomic E-state index is 12.9.